The molecule has 0 spiro atoms. The van der Waals surface area contributed by atoms with Crippen molar-refractivity contribution in [3.63, 3.8) is 0 Å². The first kappa shape index (κ1) is 21.4. The molecule has 0 saturated carbocycles. The number of likely N-dealkylation sites (tertiary alicyclic amines) is 1. The van der Waals surface area contributed by atoms with Gasteiger partial charge < -0.3 is 15.1 Å². The molecule has 126 valence electrons. The number of carbonyl (C=O) groups is 1. The summed E-state index contributed by atoms with van der Waals surface area (Å²) in [6.07, 6.45) is 3.72. The number of anilines is 1. The summed E-state index contributed by atoms with van der Waals surface area (Å²) in [5.41, 5.74) is 0.660. The third kappa shape index (κ3) is 4.98. The smallest absolute Gasteiger partial charge is 0.257 e. The number of rotatable bonds is 3. The van der Waals surface area contributed by atoms with Crippen molar-refractivity contribution in [1.82, 2.24) is 15.2 Å². The van der Waals surface area contributed by atoms with Gasteiger partial charge in [-0.2, -0.15) is 0 Å². The molecule has 1 aliphatic rings. The van der Waals surface area contributed by atoms with Crippen LogP contribution in [0.15, 0.2) is 16.7 Å². The van der Waals surface area contributed by atoms with Gasteiger partial charge in [0.2, 0.25) is 0 Å². The molecule has 5 nitrogen and oxygen atoms in total. The largest absolute Gasteiger partial charge is 0.362 e. The number of carbonyl (C=O) groups excluding carboxylic acids is 1. The van der Waals surface area contributed by atoms with Crippen molar-refractivity contribution in [3.05, 3.63) is 22.3 Å². The molecule has 1 N–H and O–H groups in total. The van der Waals surface area contributed by atoms with Crippen LogP contribution in [0.5, 0.6) is 0 Å². The van der Waals surface area contributed by atoms with Gasteiger partial charge in [-0.3, -0.25) is 4.79 Å². The molecule has 1 fully saturated rings. The van der Waals surface area contributed by atoms with Crippen molar-refractivity contribution < 1.29 is 4.79 Å². The van der Waals surface area contributed by atoms with Crippen LogP contribution in [0, 0.1) is 0 Å². The highest BCUT2D eigenvalue weighted by molar-refractivity contribution is 9.10. The van der Waals surface area contributed by atoms with Gasteiger partial charge in [-0.1, -0.05) is 0 Å². The van der Waals surface area contributed by atoms with Crippen LogP contribution in [0.1, 0.15) is 23.2 Å². The number of nitrogens with zero attached hydrogens (tertiary/aromatic N) is 3. The number of halogens is 3. The Morgan fingerprint density at radius 1 is 1.36 bits per heavy atom. The van der Waals surface area contributed by atoms with Gasteiger partial charge >= 0.3 is 0 Å². The quantitative estimate of drug-likeness (QED) is 0.827. The van der Waals surface area contributed by atoms with Gasteiger partial charge in [0.05, 0.1) is 5.56 Å². The Labute approximate surface area is 152 Å². The average Bonchev–Trinajstić information content (AvgIpc) is 2.46. The summed E-state index contributed by atoms with van der Waals surface area (Å²) in [5.74, 6) is 0.783. The zero-order valence-electron chi connectivity index (χ0n) is 13.0. The summed E-state index contributed by atoms with van der Waals surface area (Å²) in [7, 11) is 5.78. The van der Waals surface area contributed by atoms with E-state index in [9.17, 15) is 4.79 Å². The average molecular weight is 414 g/mol. The Morgan fingerprint density at radius 2 is 1.95 bits per heavy atom. The Morgan fingerprint density at radius 3 is 2.45 bits per heavy atom. The van der Waals surface area contributed by atoms with E-state index in [1.807, 2.05) is 37.0 Å². The molecule has 1 aromatic heterocycles. The highest BCUT2D eigenvalue weighted by atomic mass is 79.9. The molecule has 0 aliphatic carbocycles. The maximum absolute atomic E-state index is 12.7. The SMILES string of the molecule is CNC1CCN(C(=O)c2cc(Br)cnc2N(C)C)CC1.Cl.Cl. The molecule has 0 aromatic carbocycles. The van der Waals surface area contributed by atoms with Gasteiger partial charge in [0.25, 0.3) is 5.91 Å². The monoisotopic (exact) mass is 412 g/mol. The molecule has 1 aliphatic heterocycles. The molecule has 1 saturated heterocycles. The van der Waals surface area contributed by atoms with Crippen LogP contribution in [0.2, 0.25) is 0 Å². The number of piperidine rings is 1. The highest BCUT2D eigenvalue weighted by Crippen LogP contribution is 2.23. The molecule has 2 heterocycles. The van der Waals surface area contributed by atoms with Crippen molar-refractivity contribution in [3.8, 4) is 0 Å². The number of hydrogen-bond acceptors (Lipinski definition) is 4. The molecule has 0 radical (unpaired) electrons. The maximum atomic E-state index is 12.7. The van der Waals surface area contributed by atoms with Crippen molar-refractivity contribution >= 4 is 52.5 Å². The van der Waals surface area contributed by atoms with E-state index in [-0.39, 0.29) is 30.7 Å². The summed E-state index contributed by atoms with van der Waals surface area (Å²) in [6.45, 7) is 1.59. The van der Waals surface area contributed by atoms with E-state index < -0.39 is 0 Å². The summed E-state index contributed by atoms with van der Waals surface area (Å²) < 4.78 is 0.830. The molecule has 0 atom stereocenters. The first-order valence-corrected chi connectivity index (χ1v) is 7.61. The minimum Gasteiger partial charge on any atom is -0.362 e. The van der Waals surface area contributed by atoms with E-state index in [0.717, 1.165) is 30.4 Å². The fourth-order valence-electron chi connectivity index (χ4n) is 2.49. The Kier molecular flexibility index (Phi) is 9.31. The second kappa shape index (κ2) is 9.55. The van der Waals surface area contributed by atoms with Gasteiger partial charge in [0, 0.05) is 43.9 Å². The van der Waals surface area contributed by atoms with Crippen molar-refractivity contribution in [1.29, 1.82) is 0 Å². The predicted octanol–water partition coefficient (Wildman–Crippen LogP) is 2.58. The minimum atomic E-state index is 0. The van der Waals surface area contributed by atoms with E-state index in [1.54, 1.807) is 6.20 Å². The second-order valence-electron chi connectivity index (χ2n) is 5.27. The Hall–Kier alpha value is -0.560. The molecule has 1 aromatic rings. The van der Waals surface area contributed by atoms with E-state index in [4.69, 9.17) is 0 Å². The molecule has 8 heteroatoms. The van der Waals surface area contributed by atoms with Gasteiger partial charge in [0.1, 0.15) is 5.82 Å². The van der Waals surface area contributed by atoms with Gasteiger partial charge in [-0.05, 0) is 41.9 Å². The van der Waals surface area contributed by atoms with E-state index >= 15 is 0 Å². The lowest BCUT2D eigenvalue weighted by Gasteiger charge is -2.32. The standard InChI is InChI=1S/C14H21BrN4O.2ClH/c1-16-11-4-6-19(7-5-11)14(20)12-8-10(15)9-17-13(12)18(2)3;;/h8-9,11,16H,4-7H2,1-3H3;2*1H. The van der Waals surface area contributed by atoms with Gasteiger partial charge in [0.15, 0.2) is 0 Å². The zero-order valence-corrected chi connectivity index (χ0v) is 16.2. The lowest BCUT2D eigenvalue weighted by Crippen LogP contribution is -2.44. The molecule has 0 unspecified atom stereocenters. The molecule has 0 bridgehead atoms. The molecule has 1 amide bonds. The first-order chi connectivity index (χ1) is 9.52. The first-order valence-electron chi connectivity index (χ1n) is 6.82. The fraction of sp³-hybridized carbons (Fsp3) is 0.571. The molecular weight excluding hydrogens is 391 g/mol. The highest BCUT2D eigenvalue weighted by Gasteiger charge is 2.25. The van der Waals surface area contributed by atoms with Crippen LogP contribution in [-0.2, 0) is 0 Å². The Balaban J connectivity index is 0.00000220. The third-order valence-corrected chi connectivity index (χ3v) is 4.11. The number of nitrogens with one attached hydrogen (secondary N) is 1. The lowest BCUT2D eigenvalue weighted by molar-refractivity contribution is 0.0707. The zero-order chi connectivity index (χ0) is 14.7. The summed E-state index contributed by atoms with van der Waals surface area (Å²) in [4.78, 5) is 20.8. The third-order valence-electron chi connectivity index (χ3n) is 3.68. The molecule has 22 heavy (non-hydrogen) atoms. The van der Waals surface area contributed by atoms with Gasteiger partial charge in [-0.25, -0.2) is 4.98 Å². The van der Waals surface area contributed by atoms with Gasteiger partial charge in [-0.15, -0.1) is 24.8 Å². The number of hydrogen-bond donors (Lipinski definition) is 1. The molecular formula is C14H23BrCl2N4O. The van der Waals surface area contributed by atoms with Crippen molar-refractivity contribution in [2.45, 2.75) is 18.9 Å². The normalized spacial score (nSPS) is 14.8. The van der Waals surface area contributed by atoms with Crippen molar-refractivity contribution in [2.24, 2.45) is 0 Å². The topological polar surface area (TPSA) is 48.5 Å². The minimum absolute atomic E-state index is 0. The maximum Gasteiger partial charge on any atom is 0.257 e. The van der Waals surface area contributed by atoms with Crippen LogP contribution in [0.3, 0.4) is 0 Å². The van der Waals surface area contributed by atoms with E-state index in [1.165, 1.54) is 0 Å². The number of amides is 1. The fourth-order valence-corrected chi connectivity index (χ4v) is 2.82. The number of pyridine rings is 1. The summed E-state index contributed by atoms with van der Waals surface area (Å²) >= 11 is 3.40. The second-order valence-corrected chi connectivity index (χ2v) is 6.19. The van der Waals surface area contributed by atoms with E-state index in [2.05, 4.69) is 26.2 Å². The summed E-state index contributed by atoms with van der Waals surface area (Å²) in [5, 5.41) is 3.28. The summed E-state index contributed by atoms with van der Waals surface area (Å²) in [6, 6.07) is 2.38. The van der Waals surface area contributed by atoms with Crippen LogP contribution in [0.25, 0.3) is 0 Å². The van der Waals surface area contributed by atoms with Crippen LogP contribution in [0.4, 0.5) is 5.82 Å². The lowest BCUT2D eigenvalue weighted by atomic mass is 10.0. The van der Waals surface area contributed by atoms with Crippen molar-refractivity contribution in [2.75, 3.05) is 39.1 Å². The van der Waals surface area contributed by atoms with Crippen LogP contribution < -0.4 is 10.2 Å². The Bertz CT molecular complexity index is 494. The van der Waals surface area contributed by atoms with Crippen LogP contribution in [-0.4, -0.2) is 56.1 Å². The number of aromatic nitrogens is 1. The molecule has 2 rings (SSSR count). The van der Waals surface area contributed by atoms with E-state index in [0.29, 0.717) is 17.4 Å². The van der Waals surface area contributed by atoms with Crippen LogP contribution >= 0.6 is 40.7 Å². The predicted molar refractivity (Wildman–Crippen MR) is 98.7 cm³/mol.